The number of hydrogen-bond acceptors (Lipinski definition) is 4. The number of hydrogen-bond donors (Lipinski definition) is 3. The molecule has 0 aromatic heterocycles. The molecule has 3 rings (SSSR count). The molecule has 8 heteroatoms. The fourth-order valence-corrected chi connectivity index (χ4v) is 6.69. The van der Waals surface area contributed by atoms with Crippen LogP contribution < -0.4 is 0 Å². The standard InChI is InChI=1S/C21H25Cl2NO4S/c1-2-10-24-21(14-6-8-16(22)9-7-14)19(15-4-3-5-17(23)11-15)12-18(13-20(25)26)29(24,27)28/h3-9,11,18-19,21,27-28H,2,10,12-13H2,1H3,(H,25,26)/t18-,19-,21-/m1/s1. The van der Waals surface area contributed by atoms with Crippen LogP contribution in [0.5, 0.6) is 0 Å². The van der Waals surface area contributed by atoms with Crippen molar-refractivity contribution in [3.05, 3.63) is 69.7 Å². The predicted octanol–water partition coefficient (Wildman–Crippen LogP) is 6.44. The molecule has 1 aliphatic heterocycles. The molecule has 3 atom stereocenters. The third kappa shape index (κ3) is 4.90. The molecule has 0 radical (unpaired) electrons. The Kier molecular flexibility index (Phi) is 7.14. The summed E-state index contributed by atoms with van der Waals surface area (Å²) in [5.74, 6) is -1.19. The van der Waals surface area contributed by atoms with Gasteiger partial charge in [0.2, 0.25) is 0 Å². The van der Waals surface area contributed by atoms with Crippen LogP contribution in [-0.4, -0.2) is 36.3 Å². The number of benzene rings is 2. The van der Waals surface area contributed by atoms with Crippen molar-refractivity contribution in [1.82, 2.24) is 4.31 Å². The van der Waals surface area contributed by atoms with Crippen LogP contribution in [0.2, 0.25) is 10.0 Å². The second kappa shape index (κ2) is 9.25. The lowest BCUT2D eigenvalue weighted by atomic mass is 9.82. The van der Waals surface area contributed by atoms with Crippen LogP contribution in [0.1, 0.15) is 49.3 Å². The van der Waals surface area contributed by atoms with E-state index in [4.69, 9.17) is 23.2 Å². The maximum absolute atomic E-state index is 11.4. The second-order valence-electron chi connectivity index (χ2n) is 7.32. The van der Waals surface area contributed by atoms with E-state index < -0.39 is 22.0 Å². The van der Waals surface area contributed by atoms with Gasteiger partial charge in [0.15, 0.2) is 0 Å². The van der Waals surface area contributed by atoms with Crippen molar-refractivity contribution in [2.45, 2.75) is 43.4 Å². The van der Waals surface area contributed by atoms with Gasteiger partial charge < -0.3 is 5.11 Å². The summed E-state index contributed by atoms with van der Waals surface area (Å²) in [6.07, 6.45) is 0.734. The minimum atomic E-state index is -3.29. The third-order valence-electron chi connectivity index (χ3n) is 5.34. The first-order valence-electron chi connectivity index (χ1n) is 9.50. The van der Waals surface area contributed by atoms with Gasteiger partial charge in [-0.15, -0.1) is 10.8 Å². The van der Waals surface area contributed by atoms with E-state index in [-0.39, 0.29) is 18.4 Å². The molecular formula is C21H25Cl2NO4S. The molecule has 0 saturated carbocycles. The zero-order chi connectivity index (χ0) is 21.2. The summed E-state index contributed by atoms with van der Waals surface area (Å²) in [7, 11) is -3.29. The van der Waals surface area contributed by atoms with Gasteiger partial charge in [-0.2, -0.15) is 4.31 Å². The average Bonchev–Trinajstić information content (AvgIpc) is 2.66. The quantitative estimate of drug-likeness (QED) is 0.464. The molecule has 158 valence electrons. The minimum absolute atomic E-state index is 0.147. The number of carboxylic acid groups (broad SMARTS) is 1. The highest BCUT2D eigenvalue weighted by atomic mass is 35.5. The predicted molar refractivity (Wildman–Crippen MR) is 119 cm³/mol. The van der Waals surface area contributed by atoms with Crippen molar-refractivity contribution in [2.24, 2.45) is 0 Å². The molecular weight excluding hydrogens is 433 g/mol. The summed E-state index contributed by atoms with van der Waals surface area (Å²) in [4.78, 5) is 11.4. The fourth-order valence-electron chi connectivity index (χ4n) is 4.10. The lowest BCUT2D eigenvalue weighted by Gasteiger charge is -2.57. The Morgan fingerprint density at radius 3 is 2.38 bits per heavy atom. The van der Waals surface area contributed by atoms with Gasteiger partial charge in [0.05, 0.1) is 17.7 Å². The number of nitrogens with zero attached hydrogens (tertiary/aromatic N) is 1. The van der Waals surface area contributed by atoms with Crippen molar-refractivity contribution in [3.8, 4) is 0 Å². The third-order valence-corrected chi connectivity index (χ3v) is 8.18. The van der Waals surface area contributed by atoms with Crippen molar-refractivity contribution < 1.29 is 19.0 Å². The fraction of sp³-hybridized carbons (Fsp3) is 0.381. The van der Waals surface area contributed by atoms with E-state index in [2.05, 4.69) is 0 Å². The Morgan fingerprint density at radius 2 is 1.79 bits per heavy atom. The van der Waals surface area contributed by atoms with Gasteiger partial charge in [-0.05, 0) is 48.2 Å². The first-order valence-corrected chi connectivity index (χ1v) is 11.8. The lowest BCUT2D eigenvalue weighted by molar-refractivity contribution is -0.137. The highest BCUT2D eigenvalue weighted by Gasteiger charge is 2.47. The van der Waals surface area contributed by atoms with Crippen LogP contribution in [0, 0.1) is 0 Å². The molecule has 0 aliphatic carbocycles. The Balaban J connectivity index is 2.14. The molecule has 1 heterocycles. The topological polar surface area (TPSA) is 81.0 Å². The lowest BCUT2D eigenvalue weighted by Crippen LogP contribution is -2.46. The molecule has 0 amide bonds. The average molecular weight is 458 g/mol. The smallest absolute Gasteiger partial charge is 0.305 e. The Labute approximate surface area is 182 Å². The van der Waals surface area contributed by atoms with Gasteiger partial charge in [-0.3, -0.25) is 13.9 Å². The summed E-state index contributed by atoms with van der Waals surface area (Å²) in [6, 6.07) is 14.5. The number of halogens is 2. The van der Waals surface area contributed by atoms with Gasteiger partial charge in [0.1, 0.15) is 0 Å². The van der Waals surface area contributed by atoms with E-state index in [0.29, 0.717) is 29.4 Å². The normalized spacial score (nSPS) is 25.5. The van der Waals surface area contributed by atoms with E-state index in [1.165, 1.54) is 0 Å². The number of carboxylic acids is 1. The summed E-state index contributed by atoms with van der Waals surface area (Å²) < 4.78 is 24.0. The van der Waals surface area contributed by atoms with Crippen LogP contribution in [0.4, 0.5) is 0 Å². The first-order chi connectivity index (χ1) is 13.7. The van der Waals surface area contributed by atoms with E-state index in [1.54, 1.807) is 22.5 Å². The van der Waals surface area contributed by atoms with Crippen LogP contribution >= 0.6 is 34.0 Å². The Bertz CT molecular complexity index is 862. The maximum atomic E-state index is 11.4. The summed E-state index contributed by atoms with van der Waals surface area (Å²) in [5, 5.41) is 9.79. The van der Waals surface area contributed by atoms with Crippen LogP contribution in [-0.2, 0) is 4.79 Å². The maximum Gasteiger partial charge on any atom is 0.305 e. The largest absolute Gasteiger partial charge is 0.481 e. The van der Waals surface area contributed by atoms with Crippen molar-refractivity contribution in [3.63, 3.8) is 0 Å². The minimum Gasteiger partial charge on any atom is -0.481 e. The van der Waals surface area contributed by atoms with Crippen molar-refractivity contribution >= 4 is 39.9 Å². The summed E-state index contributed by atoms with van der Waals surface area (Å²) in [6.45, 7) is 2.40. The van der Waals surface area contributed by atoms with Gasteiger partial charge >= 0.3 is 5.97 Å². The van der Waals surface area contributed by atoms with E-state index in [9.17, 15) is 19.0 Å². The molecule has 0 unspecified atom stereocenters. The number of aliphatic carboxylic acids is 1. The van der Waals surface area contributed by atoms with Gasteiger partial charge in [0.25, 0.3) is 0 Å². The van der Waals surface area contributed by atoms with Gasteiger partial charge in [-0.1, -0.05) is 54.4 Å². The van der Waals surface area contributed by atoms with Crippen LogP contribution in [0.15, 0.2) is 48.5 Å². The molecule has 5 nitrogen and oxygen atoms in total. The Hall–Kier alpha value is -1.28. The van der Waals surface area contributed by atoms with Crippen LogP contribution in [0.25, 0.3) is 0 Å². The number of carbonyl (C=O) groups is 1. The molecule has 1 aliphatic rings. The van der Waals surface area contributed by atoms with Gasteiger partial charge in [-0.25, -0.2) is 0 Å². The number of rotatable bonds is 6. The summed E-state index contributed by atoms with van der Waals surface area (Å²) >= 11 is 12.3. The second-order valence-corrected chi connectivity index (χ2v) is 10.4. The SMILES string of the molecule is CCCN1[C@H](c2ccc(Cl)cc2)[C@@H](c2cccc(Cl)c2)C[C@H](CC(=O)O)S1(O)O. The summed E-state index contributed by atoms with van der Waals surface area (Å²) in [5.41, 5.74) is 1.85. The molecule has 1 saturated heterocycles. The molecule has 3 N–H and O–H groups in total. The van der Waals surface area contributed by atoms with E-state index in [1.807, 2.05) is 37.3 Å². The van der Waals surface area contributed by atoms with Crippen molar-refractivity contribution in [1.29, 1.82) is 0 Å². The van der Waals surface area contributed by atoms with Gasteiger partial charge in [0, 0.05) is 22.5 Å². The molecule has 2 aromatic carbocycles. The Morgan fingerprint density at radius 1 is 1.10 bits per heavy atom. The zero-order valence-electron chi connectivity index (χ0n) is 16.0. The molecule has 1 fully saturated rings. The first kappa shape index (κ1) is 22.4. The highest BCUT2D eigenvalue weighted by Crippen LogP contribution is 2.63. The molecule has 0 spiro atoms. The van der Waals surface area contributed by atoms with E-state index >= 15 is 0 Å². The van der Waals surface area contributed by atoms with Crippen LogP contribution in [0.3, 0.4) is 0 Å². The molecule has 2 aromatic rings. The monoisotopic (exact) mass is 457 g/mol. The zero-order valence-corrected chi connectivity index (χ0v) is 18.4. The molecule has 0 bridgehead atoms. The van der Waals surface area contributed by atoms with Crippen molar-refractivity contribution in [2.75, 3.05) is 6.54 Å². The van der Waals surface area contributed by atoms with E-state index in [0.717, 1.165) is 11.1 Å². The molecule has 29 heavy (non-hydrogen) atoms. The highest BCUT2D eigenvalue weighted by molar-refractivity contribution is 8.22.